The third kappa shape index (κ3) is 29.8. The van der Waals surface area contributed by atoms with E-state index in [0.29, 0.717) is 19.4 Å². The predicted octanol–water partition coefficient (Wildman–Crippen LogP) is 6.68. The Morgan fingerprint density at radius 3 is 1.23 bits per heavy atom. The zero-order valence-corrected chi connectivity index (χ0v) is 82.9. The van der Waals surface area contributed by atoms with Crippen molar-refractivity contribution in [2.75, 3.05) is 89.4 Å². The third-order valence-corrected chi connectivity index (χ3v) is 27.2. The monoisotopic (exact) mass is 1820 g/mol. The van der Waals surface area contributed by atoms with Crippen molar-refractivity contribution in [1.82, 2.24) is 30.7 Å². The lowest BCUT2D eigenvalue weighted by Gasteiger charge is -2.50. The van der Waals surface area contributed by atoms with Gasteiger partial charge in [0.25, 0.3) is 0 Å². The number of likely N-dealkylation sites (N-methyl/N-ethyl adjacent to an activating group) is 2. The van der Waals surface area contributed by atoms with Crippen molar-refractivity contribution in [3.63, 3.8) is 0 Å². The summed E-state index contributed by atoms with van der Waals surface area (Å²) in [6.45, 7) is 51.6. The number of aliphatic hydroxyl groups excluding tert-OH is 3. The van der Waals surface area contributed by atoms with Crippen molar-refractivity contribution in [2.24, 2.45) is 35.5 Å². The van der Waals surface area contributed by atoms with Crippen LogP contribution in [-0.4, -0.2) is 352 Å². The normalized spacial score (nSPS) is 42.1. The molecule has 2 unspecified atom stereocenters. The van der Waals surface area contributed by atoms with E-state index < -0.39 is 228 Å². The summed E-state index contributed by atoms with van der Waals surface area (Å²) >= 11 is 0. The summed E-state index contributed by atoms with van der Waals surface area (Å²) < 4.78 is 108. The van der Waals surface area contributed by atoms with Crippen molar-refractivity contribution in [3.8, 4) is 0 Å². The Kier molecular flexibility index (Phi) is 45.5. The maximum Gasteiger partial charge on any atom is 0.330 e. The fraction of sp³-hybridized carbons (Fsp3) is 0.902. The number of aliphatic hydroxyl groups is 5. The second-order valence-electron chi connectivity index (χ2n) is 37.9. The van der Waals surface area contributed by atoms with Crippen molar-refractivity contribution in [3.05, 3.63) is 12.7 Å². The molecule has 0 aromatic heterocycles. The minimum absolute atomic E-state index is 0.0524. The van der Waals surface area contributed by atoms with Gasteiger partial charge in [0.15, 0.2) is 43.5 Å². The molecule has 2 amide bonds. The Labute approximate surface area is 757 Å². The minimum Gasteiger partial charge on any atom is -0.459 e. The van der Waals surface area contributed by atoms with Gasteiger partial charge in [0, 0.05) is 90.5 Å². The average molecular weight is 1820 g/mol. The number of ether oxygens (including phenoxy) is 17. The fourth-order valence-electron chi connectivity index (χ4n) is 19.0. The number of carbonyl (C=O) groups is 7. The van der Waals surface area contributed by atoms with Gasteiger partial charge >= 0.3 is 29.8 Å². The molecule has 0 bridgehead atoms. The second-order valence-corrected chi connectivity index (χ2v) is 37.9. The summed E-state index contributed by atoms with van der Waals surface area (Å²) in [5.74, 6) is -9.13. The molecule has 8 N–H and O–H groups in total. The number of nitrogens with zero attached hydrogens (tertiary/aromatic N) is 3. The molecule has 0 spiro atoms. The lowest BCUT2D eigenvalue weighted by atomic mass is 9.77. The number of carbonyl (C=O) groups excluding carboxylic acids is 7. The Morgan fingerprint density at radius 2 is 0.882 bits per heavy atom. The molecule has 35 heteroatoms. The molecule has 740 valence electrons. The summed E-state index contributed by atoms with van der Waals surface area (Å²) in [7, 11) is 13.5. The van der Waals surface area contributed by atoms with Gasteiger partial charge in [-0.05, 0) is 190 Å². The molecule has 36 atom stereocenters. The molecule has 6 rings (SSSR count). The first-order chi connectivity index (χ1) is 59.0. The first-order valence-electron chi connectivity index (χ1n) is 46.0. The highest BCUT2D eigenvalue weighted by Crippen LogP contribution is 2.46. The van der Waals surface area contributed by atoms with Gasteiger partial charge in [-0.25, -0.2) is 4.79 Å². The molecular formula is C92H168N6O29. The molecule has 0 saturated carbocycles. The summed E-state index contributed by atoms with van der Waals surface area (Å²) in [6, 6.07) is -2.51. The van der Waals surface area contributed by atoms with Crippen LogP contribution in [0.3, 0.4) is 0 Å². The average Bonchev–Trinajstić information content (AvgIpc) is 1.26. The van der Waals surface area contributed by atoms with Gasteiger partial charge in [-0.3, -0.25) is 28.8 Å². The van der Waals surface area contributed by atoms with Gasteiger partial charge in [0.05, 0.1) is 96.4 Å². The topological polar surface area (TPSA) is 423 Å². The molecule has 6 aliphatic rings. The molecule has 6 heterocycles. The third-order valence-electron chi connectivity index (χ3n) is 27.2. The summed E-state index contributed by atoms with van der Waals surface area (Å²) in [5.41, 5.74) is -8.76. The number of cyclic esters (lactones) is 2. The van der Waals surface area contributed by atoms with Crippen LogP contribution in [0.4, 0.5) is 0 Å². The smallest absolute Gasteiger partial charge is 0.330 e. The van der Waals surface area contributed by atoms with Gasteiger partial charge < -0.3 is 137 Å². The van der Waals surface area contributed by atoms with Gasteiger partial charge in [0.2, 0.25) is 11.8 Å². The van der Waals surface area contributed by atoms with E-state index in [2.05, 4.69) is 41.3 Å². The number of rotatable bonds is 27. The first kappa shape index (κ1) is 115. The number of hydrogen-bond donors (Lipinski definition) is 8. The van der Waals surface area contributed by atoms with E-state index in [1.807, 2.05) is 86.5 Å². The summed E-state index contributed by atoms with van der Waals surface area (Å²) in [4.78, 5) is 101. The Balaban J connectivity index is 0.000000505. The van der Waals surface area contributed by atoms with Gasteiger partial charge in [-0.1, -0.05) is 75.8 Å². The van der Waals surface area contributed by atoms with E-state index in [-0.39, 0.29) is 75.2 Å². The van der Waals surface area contributed by atoms with E-state index in [1.54, 1.807) is 90.0 Å². The Morgan fingerprint density at radius 1 is 0.512 bits per heavy atom. The molecule has 0 aliphatic carbocycles. The summed E-state index contributed by atoms with van der Waals surface area (Å²) in [6.07, 6.45) is -16.8. The van der Waals surface area contributed by atoms with Crippen LogP contribution >= 0.6 is 0 Å². The van der Waals surface area contributed by atoms with Crippen LogP contribution in [0.5, 0.6) is 0 Å². The van der Waals surface area contributed by atoms with E-state index in [4.69, 9.17) is 80.5 Å². The Hall–Kier alpha value is -4.81. The highest BCUT2D eigenvalue weighted by Gasteiger charge is 2.59. The maximum atomic E-state index is 14.5. The molecule has 6 saturated heterocycles. The highest BCUT2D eigenvalue weighted by atomic mass is 16.7. The fourth-order valence-corrected chi connectivity index (χ4v) is 19.0. The number of amides is 2. The quantitative estimate of drug-likeness (QED) is 0.0241. The van der Waals surface area contributed by atoms with Crippen molar-refractivity contribution < 1.29 is 140 Å². The standard InChI is InChI=1S/C45H83N3O14.C43H74N2O15.C4H11N/c1-17-32-45(12,54)37(51)29(8)46-40(52)25(4)23-43(10,55-15)38(62-42-35(50)31(47(13)14)22-26(5)57-42)27(6)36(28(7)41(53)59-32)61-34-24-44(11,56-16)39(30(9)58-34)60-33(49)20-21-48(18-2)19-3;1-17-30-43(12,51)35(48)26(7)44-38(49)22(3)20-41(10,52-15)36(60-40-34(56-28(9)46)29(45(13)14)19-23(4)54-40)24(5)33(25(6)39(50)57-30)59-32-21-42(11,53-16)37(27(8)55-32)58-31(47)18-2;1-3-5-4-2/h25-32,34-39,42,50-51,54H,17-24H2,1-16H3,(H,46,52);18,22-27,29-30,32-37,40,48,51H,2,17,19-21H2,1,3-16H3,(H,44,49);5H,3-4H2,1-2H3/t25-,26-,27+,28-,29-,30+,31+,32-,34?,35+,36+,37-,38-,39+,42+,43-,44-,45-;22-,23-,24+,25-,26-,27+,29+,30-,32?,33+,34-,35-,36-,37+,40+,41-,42-,43-;/m11./s1. The number of methoxy groups -OCH3 is 4. The van der Waals surface area contributed by atoms with Crippen molar-refractivity contribution >= 4 is 41.7 Å². The second kappa shape index (κ2) is 50.5. The first-order valence-corrected chi connectivity index (χ1v) is 46.0. The van der Waals surface area contributed by atoms with E-state index in [9.17, 15) is 59.1 Å². The molecule has 127 heavy (non-hydrogen) atoms. The predicted molar refractivity (Wildman–Crippen MR) is 473 cm³/mol. The largest absolute Gasteiger partial charge is 0.459 e. The molecule has 6 fully saturated rings. The number of esters is 5. The molecular weight excluding hydrogens is 1650 g/mol. The van der Waals surface area contributed by atoms with Gasteiger partial charge in [-0.2, -0.15) is 0 Å². The van der Waals surface area contributed by atoms with Gasteiger partial charge in [-0.15, -0.1) is 0 Å². The number of hydrogen-bond acceptors (Lipinski definition) is 33. The SMILES string of the molecule is C=CC(=O)O[C@H]1[C@H](C)OC(O[C@H]2[C@H](C)[C@@H](O[C@@H]3O[C@H](C)C[C@H](N(C)C)[C@H]3OC(C)=O)[C@](C)(OC)C[C@@H](C)C(=O)N[C@H](C)[C@@H](O)[C@](C)(O)[C@@H](CC)OC(=O)[C@@H]2C)C[C@@]1(C)OC.CCNCC.CC[C@H]1OC(=O)[C@H](C)[C@@H](OC2C[C@@](C)(OC)[C@@H](OC(=O)CCN(CC)CC)[C@H](C)O2)[C@H](C)[C@@H](O[C@@H]2O[C@H](C)C[C@H](N(C)C)[C@@H]2O)[C@](C)(OC)C[C@@H](C)C(=O)N[C@H](C)[C@@H](O)[C@]1(C)O. The maximum absolute atomic E-state index is 14.5. The zero-order valence-electron chi connectivity index (χ0n) is 82.9. The zero-order chi connectivity index (χ0) is 96.8. The summed E-state index contributed by atoms with van der Waals surface area (Å²) in [5, 5.41) is 66.8. The highest BCUT2D eigenvalue weighted by molar-refractivity contribution is 5.81. The van der Waals surface area contributed by atoms with Crippen LogP contribution in [0.2, 0.25) is 0 Å². The molecule has 0 radical (unpaired) electrons. The van der Waals surface area contributed by atoms with Crippen LogP contribution in [-0.2, 0) is 114 Å². The van der Waals surface area contributed by atoms with E-state index >= 15 is 0 Å². The van der Waals surface area contributed by atoms with Gasteiger partial charge in [0.1, 0.15) is 52.9 Å². The number of nitrogens with one attached hydrogen (secondary N) is 3. The molecule has 0 aromatic carbocycles. The van der Waals surface area contributed by atoms with E-state index in [1.165, 1.54) is 49.2 Å². The molecule has 6 aliphatic heterocycles. The Bertz CT molecular complexity index is 3400. The van der Waals surface area contributed by atoms with Crippen LogP contribution < -0.4 is 16.0 Å². The molecule has 0 aromatic rings. The van der Waals surface area contributed by atoms with E-state index in [0.717, 1.165) is 32.3 Å². The van der Waals surface area contributed by atoms with Crippen LogP contribution in [0.15, 0.2) is 12.7 Å². The van der Waals surface area contributed by atoms with Crippen LogP contribution in [0.1, 0.15) is 231 Å². The lowest BCUT2D eigenvalue weighted by molar-refractivity contribution is -0.320. The minimum atomic E-state index is -1.99. The van der Waals surface area contributed by atoms with Crippen molar-refractivity contribution in [1.29, 1.82) is 0 Å². The lowest BCUT2D eigenvalue weighted by Crippen LogP contribution is -2.61. The molecule has 35 nitrogen and oxygen atoms in total. The van der Waals surface area contributed by atoms with Crippen LogP contribution in [0.25, 0.3) is 0 Å². The van der Waals surface area contributed by atoms with Crippen molar-refractivity contribution in [2.45, 2.75) is 411 Å². The van der Waals surface area contributed by atoms with Crippen LogP contribution in [0, 0.1) is 35.5 Å².